The van der Waals surface area contributed by atoms with E-state index < -0.39 is 17.5 Å². The van der Waals surface area contributed by atoms with Crippen LogP contribution in [0, 0.1) is 0 Å². The number of hydrogen-bond acceptors (Lipinski definition) is 4. The van der Waals surface area contributed by atoms with E-state index in [0.717, 1.165) is 28.6 Å². The van der Waals surface area contributed by atoms with Gasteiger partial charge in [-0.3, -0.25) is 14.5 Å². The molecule has 29 heavy (non-hydrogen) atoms. The molecule has 1 aromatic carbocycles. The van der Waals surface area contributed by atoms with Crippen LogP contribution in [0.15, 0.2) is 41.1 Å². The molecular formula is C20H22BrN5O3. The van der Waals surface area contributed by atoms with Gasteiger partial charge in [0.1, 0.15) is 12.1 Å². The number of hydrogen-bond donors (Lipinski definition) is 1. The fourth-order valence-electron chi connectivity index (χ4n) is 4.22. The molecule has 9 heteroatoms. The molecule has 0 atom stereocenters. The summed E-state index contributed by atoms with van der Waals surface area (Å²) in [5, 5.41) is 7.05. The minimum atomic E-state index is -0.783. The summed E-state index contributed by atoms with van der Waals surface area (Å²) in [5.74, 6) is -0.684. The number of nitrogens with zero attached hydrogens (tertiary/aromatic N) is 4. The molecule has 1 N–H and O–H groups in total. The molecule has 2 aliphatic rings. The monoisotopic (exact) mass is 459 g/mol. The number of anilines is 1. The van der Waals surface area contributed by atoms with Crippen molar-refractivity contribution < 1.29 is 14.4 Å². The van der Waals surface area contributed by atoms with Crippen LogP contribution in [0.4, 0.5) is 10.5 Å². The van der Waals surface area contributed by atoms with Gasteiger partial charge in [0.2, 0.25) is 5.91 Å². The van der Waals surface area contributed by atoms with E-state index in [2.05, 4.69) is 26.3 Å². The van der Waals surface area contributed by atoms with E-state index in [1.54, 1.807) is 36.3 Å². The average Bonchev–Trinajstić information content (AvgIpc) is 3.22. The van der Waals surface area contributed by atoms with Crippen LogP contribution < -0.4 is 5.32 Å². The largest absolute Gasteiger partial charge is 0.327 e. The molecular weight excluding hydrogens is 438 g/mol. The molecule has 1 aromatic heterocycles. The van der Waals surface area contributed by atoms with Crippen molar-refractivity contribution in [1.82, 2.24) is 19.6 Å². The number of carbonyl (C=O) groups excluding carboxylic acids is 3. The second-order valence-corrected chi connectivity index (χ2v) is 8.41. The molecule has 2 fully saturated rings. The van der Waals surface area contributed by atoms with Gasteiger partial charge in [-0.15, -0.1) is 0 Å². The number of likely N-dealkylation sites (N-methyl/N-ethyl adjacent to an activating group) is 1. The Kier molecular flexibility index (Phi) is 5.16. The molecule has 4 rings (SSSR count). The Morgan fingerprint density at radius 2 is 1.93 bits per heavy atom. The Hall–Kier alpha value is -2.68. The van der Waals surface area contributed by atoms with E-state index in [9.17, 15) is 14.4 Å². The van der Waals surface area contributed by atoms with Crippen LogP contribution in [0.1, 0.15) is 32.1 Å². The highest BCUT2D eigenvalue weighted by atomic mass is 79.9. The second-order valence-electron chi connectivity index (χ2n) is 7.49. The third-order valence-corrected chi connectivity index (χ3v) is 6.17. The number of amides is 4. The lowest BCUT2D eigenvalue weighted by molar-refractivity contribution is -0.136. The SMILES string of the molecule is CN1C(=O)N(CC(=O)Nc2ccccc2-n2cc(Br)cn2)C(=O)C12CCCCC2. The van der Waals surface area contributed by atoms with Gasteiger partial charge >= 0.3 is 6.03 Å². The zero-order valence-electron chi connectivity index (χ0n) is 16.1. The van der Waals surface area contributed by atoms with Crippen LogP contribution in [0.3, 0.4) is 0 Å². The molecule has 2 heterocycles. The Morgan fingerprint density at radius 1 is 1.21 bits per heavy atom. The maximum atomic E-state index is 13.0. The first-order valence-corrected chi connectivity index (χ1v) is 10.4. The van der Waals surface area contributed by atoms with Gasteiger partial charge < -0.3 is 10.2 Å². The minimum absolute atomic E-state index is 0.260. The van der Waals surface area contributed by atoms with Crippen molar-refractivity contribution in [2.24, 2.45) is 0 Å². The lowest BCUT2D eigenvalue weighted by atomic mass is 9.81. The second kappa shape index (κ2) is 7.62. The highest BCUT2D eigenvalue weighted by Crippen LogP contribution is 2.39. The number of nitrogens with one attached hydrogen (secondary N) is 1. The summed E-state index contributed by atoms with van der Waals surface area (Å²) in [4.78, 5) is 41.1. The molecule has 1 saturated carbocycles. The van der Waals surface area contributed by atoms with Crippen LogP contribution >= 0.6 is 15.9 Å². The first-order chi connectivity index (χ1) is 13.9. The smallest absolute Gasteiger partial charge is 0.323 e. The molecule has 152 valence electrons. The van der Waals surface area contributed by atoms with E-state index in [0.29, 0.717) is 24.2 Å². The molecule has 0 radical (unpaired) electrons. The number of para-hydroxylation sites is 2. The summed E-state index contributed by atoms with van der Waals surface area (Å²) in [6.07, 6.45) is 7.64. The zero-order chi connectivity index (χ0) is 20.6. The van der Waals surface area contributed by atoms with Gasteiger partial charge in [-0.1, -0.05) is 31.4 Å². The number of benzene rings is 1. The zero-order valence-corrected chi connectivity index (χ0v) is 17.7. The Bertz CT molecular complexity index is 967. The highest BCUT2D eigenvalue weighted by molar-refractivity contribution is 9.10. The fourth-order valence-corrected chi connectivity index (χ4v) is 4.50. The van der Waals surface area contributed by atoms with Gasteiger partial charge in [0, 0.05) is 13.2 Å². The van der Waals surface area contributed by atoms with Crippen LogP contribution in [0.5, 0.6) is 0 Å². The van der Waals surface area contributed by atoms with E-state index in [1.807, 2.05) is 12.1 Å². The minimum Gasteiger partial charge on any atom is -0.323 e. The van der Waals surface area contributed by atoms with Gasteiger partial charge in [0.15, 0.2) is 0 Å². The van der Waals surface area contributed by atoms with Crippen molar-refractivity contribution in [3.8, 4) is 5.69 Å². The van der Waals surface area contributed by atoms with Crippen molar-refractivity contribution >= 4 is 39.5 Å². The van der Waals surface area contributed by atoms with Crippen LogP contribution in [-0.4, -0.2) is 56.6 Å². The van der Waals surface area contributed by atoms with Gasteiger partial charge in [-0.05, 0) is 40.9 Å². The first-order valence-electron chi connectivity index (χ1n) is 9.61. The van der Waals surface area contributed by atoms with Crippen molar-refractivity contribution in [3.05, 3.63) is 41.1 Å². The maximum Gasteiger partial charge on any atom is 0.327 e. The number of carbonyl (C=O) groups is 3. The van der Waals surface area contributed by atoms with Crippen LogP contribution in [0.25, 0.3) is 5.69 Å². The molecule has 1 saturated heterocycles. The standard InChI is InChI=1S/C20H22BrN5O3/c1-24-19(29)25(18(28)20(24)9-5-2-6-10-20)13-17(27)23-15-7-3-4-8-16(15)26-12-14(21)11-22-26/h3-4,7-8,11-12H,2,5-6,9-10,13H2,1H3,(H,23,27). The highest BCUT2D eigenvalue weighted by Gasteiger charge is 2.55. The Balaban J connectivity index is 1.51. The topological polar surface area (TPSA) is 87.5 Å². The number of imide groups is 1. The normalized spacial score (nSPS) is 18.6. The van der Waals surface area contributed by atoms with E-state index in [4.69, 9.17) is 0 Å². The van der Waals surface area contributed by atoms with Crippen molar-refractivity contribution in [2.45, 2.75) is 37.6 Å². The summed E-state index contributed by atoms with van der Waals surface area (Å²) in [7, 11) is 1.66. The summed E-state index contributed by atoms with van der Waals surface area (Å²) in [5.41, 5.74) is 0.453. The molecule has 1 aliphatic carbocycles. The fraction of sp³-hybridized carbons (Fsp3) is 0.400. The van der Waals surface area contributed by atoms with Crippen molar-refractivity contribution in [2.75, 3.05) is 18.9 Å². The lowest BCUT2D eigenvalue weighted by Gasteiger charge is -2.35. The van der Waals surface area contributed by atoms with Gasteiger partial charge in [0.05, 0.1) is 22.0 Å². The third-order valence-electron chi connectivity index (χ3n) is 5.76. The first kappa shape index (κ1) is 19.6. The van der Waals surface area contributed by atoms with E-state index >= 15 is 0 Å². The predicted molar refractivity (Wildman–Crippen MR) is 111 cm³/mol. The van der Waals surface area contributed by atoms with Crippen molar-refractivity contribution in [3.63, 3.8) is 0 Å². The molecule has 0 bridgehead atoms. The summed E-state index contributed by atoms with van der Waals surface area (Å²) in [6, 6.07) is 6.82. The van der Waals surface area contributed by atoms with E-state index in [1.165, 1.54) is 4.90 Å². The number of rotatable bonds is 4. The number of halogens is 1. The third kappa shape index (κ3) is 3.43. The summed E-state index contributed by atoms with van der Waals surface area (Å²) < 4.78 is 2.45. The molecule has 2 aromatic rings. The molecule has 0 unspecified atom stereocenters. The van der Waals surface area contributed by atoms with Gasteiger partial charge in [-0.2, -0.15) is 5.10 Å². The Morgan fingerprint density at radius 3 is 2.62 bits per heavy atom. The number of urea groups is 1. The van der Waals surface area contributed by atoms with Gasteiger partial charge in [-0.25, -0.2) is 9.48 Å². The average molecular weight is 460 g/mol. The van der Waals surface area contributed by atoms with Crippen LogP contribution in [0.2, 0.25) is 0 Å². The van der Waals surface area contributed by atoms with Gasteiger partial charge in [0.25, 0.3) is 5.91 Å². The quantitative estimate of drug-likeness (QED) is 0.711. The molecule has 1 aliphatic heterocycles. The van der Waals surface area contributed by atoms with Crippen LogP contribution in [-0.2, 0) is 9.59 Å². The summed E-state index contributed by atoms with van der Waals surface area (Å²) >= 11 is 3.36. The molecule has 1 spiro atoms. The molecule has 8 nitrogen and oxygen atoms in total. The number of aromatic nitrogens is 2. The predicted octanol–water partition coefficient (Wildman–Crippen LogP) is 3.17. The summed E-state index contributed by atoms with van der Waals surface area (Å²) in [6.45, 7) is -0.305. The van der Waals surface area contributed by atoms with Crippen molar-refractivity contribution in [1.29, 1.82) is 0 Å². The molecule has 4 amide bonds. The lowest BCUT2D eigenvalue weighted by Crippen LogP contribution is -2.49. The van der Waals surface area contributed by atoms with E-state index in [-0.39, 0.29) is 12.5 Å². The Labute approximate surface area is 177 Å². The maximum absolute atomic E-state index is 13.0.